The fourth-order valence-corrected chi connectivity index (χ4v) is 2.74. The first-order valence-electron chi connectivity index (χ1n) is 6.49. The van der Waals surface area contributed by atoms with E-state index >= 15 is 0 Å². The Balaban J connectivity index is 2.06. The minimum Gasteiger partial charge on any atom is -0.293 e. The smallest absolute Gasteiger partial charge is 0.0991 e. The molecule has 0 aliphatic carbocycles. The van der Waals surface area contributed by atoms with Gasteiger partial charge in [-0.15, -0.1) is 0 Å². The van der Waals surface area contributed by atoms with Crippen molar-refractivity contribution in [1.29, 1.82) is 5.26 Å². The van der Waals surface area contributed by atoms with Gasteiger partial charge in [0, 0.05) is 18.6 Å². The summed E-state index contributed by atoms with van der Waals surface area (Å²) in [6.07, 6.45) is 3.88. The molecule has 1 heterocycles. The summed E-state index contributed by atoms with van der Waals surface area (Å²) in [5, 5.41) is 8.77. The molecule has 2 rings (SSSR count). The summed E-state index contributed by atoms with van der Waals surface area (Å²) in [6.45, 7) is 5.61. The van der Waals surface area contributed by atoms with Crippen LogP contribution in [-0.4, -0.2) is 17.0 Å². The molecule has 2 unspecified atom stereocenters. The molecule has 1 saturated heterocycles. The Kier molecular flexibility index (Phi) is 3.81. The van der Waals surface area contributed by atoms with Crippen LogP contribution in [0.15, 0.2) is 24.3 Å². The highest BCUT2D eigenvalue weighted by molar-refractivity contribution is 5.31. The van der Waals surface area contributed by atoms with Crippen molar-refractivity contribution in [3.63, 3.8) is 0 Å². The zero-order valence-electron chi connectivity index (χ0n) is 10.7. The van der Waals surface area contributed by atoms with Gasteiger partial charge < -0.3 is 0 Å². The predicted octanol–water partition coefficient (Wildman–Crippen LogP) is 3.32. The van der Waals surface area contributed by atoms with Crippen LogP contribution >= 0.6 is 0 Å². The third-order valence-corrected chi connectivity index (χ3v) is 3.87. The summed E-state index contributed by atoms with van der Waals surface area (Å²) in [6, 6.07) is 11.6. The maximum absolute atomic E-state index is 8.77. The third kappa shape index (κ3) is 2.68. The average Bonchev–Trinajstić information content (AvgIpc) is 2.71. The molecule has 1 aromatic rings. The van der Waals surface area contributed by atoms with Gasteiger partial charge in [-0.1, -0.05) is 19.1 Å². The molecule has 90 valence electrons. The predicted molar refractivity (Wildman–Crippen MR) is 69.5 cm³/mol. The van der Waals surface area contributed by atoms with Crippen molar-refractivity contribution < 1.29 is 0 Å². The molecule has 0 radical (unpaired) electrons. The number of nitrogens with zero attached hydrogens (tertiary/aromatic N) is 2. The van der Waals surface area contributed by atoms with E-state index in [9.17, 15) is 0 Å². The van der Waals surface area contributed by atoms with Crippen LogP contribution < -0.4 is 0 Å². The largest absolute Gasteiger partial charge is 0.293 e. The number of hydrogen-bond donors (Lipinski definition) is 0. The summed E-state index contributed by atoms with van der Waals surface area (Å²) in [5.74, 6) is 0. The Bertz CT molecular complexity index is 402. The molecular weight excluding hydrogens is 208 g/mol. The topological polar surface area (TPSA) is 27.0 Å². The standard InChI is InChI=1S/C15H20N2/c1-3-15-9-4-12(2)17(15)11-14-7-5-13(10-16)6-8-14/h5-8,12,15H,3-4,9,11H2,1-2H3. The van der Waals surface area contributed by atoms with Crippen molar-refractivity contribution in [2.24, 2.45) is 0 Å². The summed E-state index contributed by atoms with van der Waals surface area (Å²) in [5.41, 5.74) is 2.06. The van der Waals surface area contributed by atoms with Crippen molar-refractivity contribution in [3.8, 4) is 6.07 Å². The summed E-state index contributed by atoms with van der Waals surface area (Å²) in [4.78, 5) is 2.60. The first-order chi connectivity index (χ1) is 8.24. The van der Waals surface area contributed by atoms with Crippen LogP contribution in [0.2, 0.25) is 0 Å². The minimum atomic E-state index is 0.690. The average molecular weight is 228 g/mol. The van der Waals surface area contributed by atoms with Gasteiger partial charge in [0.2, 0.25) is 0 Å². The van der Waals surface area contributed by atoms with Crippen LogP contribution in [-0.2, 0) is 6.54 Å². The Morgan fingerprint density at radius 2 is 2.00 bits per heavy atom. The lowest BCUT2D eigenvalue weighted by Crippen LogP contribution is -2.33. The third-order valence-electron chi connectivity index (χ3n) is 3.87. The highest BCUT2D eigenvalue weighted by Gasteiger charge is 2.28. The first kappa shape index (κ1) is 12.1. The SMILES string of the molecule is CCC1CCC(C)N1Cc1ccc(C#N)cc1. The second-order valence-electron chi connectivity index (χ2n) is 4.97. The molecule has 1 fully saturated rings. The second kappa shape index (κ2) is 5.33. The molecule has 0 saturated carbocycles. The molecule has 0 amide bonds. The Morgan fingerprint density at radius 3 is 2.59 bits per heavy atom. The second-order valence-corrected chi connectivity index (χ2v) is 4.97. The number of hydrogen-bond acceptors (Lipinski definition) is 2. The van der Waals surface area contributed by atoms with Crippen molar-refractivity contribution in [2.75, 3.05) is 0 Å². The monoisotopic (exact) mass is 228 g/mol. The number of likely N-dealkylation sites (tertiary alicyclic amines) is 1. The van der Waals surface area contributed by atoms with Gasteiger partial charge in [0.1, 0.15) is 0 Å². The van der Waals surface area contributed by atoms with Crippen LogP contribution in [0.3, 0.4) is 0 Å². The molecule has 17 heavy (non-hydrogen) atoms. The van der Waals surface area contributed by atoms with E-state index in [0.29, 0.717) is 6.04 Å². The molecule has 1 aliphatic rings. The van der Waals surface area contributed by atoms with Gasteiger partial charge in [0.25, 0.3) is 0 Å². The van der Waals surface area contributed by atoms with E-state index in [1.165, 1.54) is 24.8 Å². The summed E-state index contributed by atoms with van der Waals surface area (Å²) < 4.78 is 0. The molecule has 0 spiro atoms. The van der Waals surface area contributed by atoms with Crippen molar-refractivity contribution in [2.45, 2.75) is 51.7 Å². The van der Waals surface area contributed by atoms with E-state index in [0.717, 1.165) is 18.2 Å². The normalized spacial score (nSPS) is 24.8. The van der Waals surface area contributed by atoms with Gasteiger partial charge in [0.05, 0.1) is 11.6 Å². The van der Waals surface area contributed by atoms with Gasteiger partial charge in [0.15, 0.2) is 0 Å². The van der Waals surface area contributed by atoms with Crippen LogP contribution in [0.5, 0.6) is 0 Å². The summed E-state index contributed by atoms with van der Waals surface area (Å²) >= 11 is 0. The number of nitriles is 1. The van der Waals surface area contributed by atoms with Crippen molar-refractivity contribution >= 4 is 0 Å². The first-order valence-corrected chi connectivity index (χ1v) is 6.49. The molecule has 2 atom stereocenters. The van der Waals surface area contributed by atoms with Gasteiger partial charge >= 0.3 is 0 Å². The van der Waals surface area contributed by atoms with Gasteiger partial charge in [-0.25, -0.2) is 0 Å². The number of rotatable bonds is 3. The highest BCUT2D eigenvalue weighted by atomic mass is 15.2. The zero-order valence-corrected chi connectivity index (χ0v) is 10.7. The molecule has 0 aromatic heterocycles. The molecular formula is C15H20N2. The molecule has 0 N–H and O–H groups in total. The molecule has 0 bridgehead atoms. The van der Waals surface area contributed by atoms with Gasteiger partial charge in [-0.2, -0.15) is 5.26 Å². The van der Waals surface area contributed by atoms with Crippen LogP contribution in [0.25, 0.3) is 0 Å². The fourth-order valence-electron chi connectivity index (χ4n) is 2.74. The minimum absolute atomic E-state index is 0.690. The quantitative estimate of drug-likeness (QED) is 0.793. The van der Waals surface area contributed by atoms with Crippen molar-refractivity contribution in [3.05, 3.63) is 35.4 Å². The maximum atomic E-state index is 8.77. The molecule has 1 aliphatic heterocycles. The van der Waals surface area contributed by atoms with Crippen LogP contribution in [0, 0.1) is 11.3 Å². The lowest BCUT2D eigenvalue weighted by atomic mass is 10.1. The van der Waals surface area contributed by atoms with Gasteiger partial charge in [-0.3, -0.25) is 4.90 Å². The van der Waals surface area contributed by atoms with Gasteiger partial charge in [-0.05, 0) is 43.9 Å². The van der Waals surface area contributed by atoms with E-state index in [1.807, 2.05) is 12.1 Å². The van der Waals surface area contributed by atoms with Crippen molar-refractivity contribution in [1.82, 2.24) is 4.90 Å². The molecule has 2 heteroatoms. The lowest BCUT2D eigenvalue weighted by Gasteiger charge is -2.27. The number of benzene rings is 1. The maximum Gasteiger partial charge on any atom is 0.0991 e. The van der Waals surface area contributed by atoms with Crippen LogP contribution in [0.4, 0.5) is 0 Å². The molecule has 2 nitrogen and oxygen atoms in total. The Hall–Kier alpha value is -1.33. The van der Waals surface area contributed by atoms with E-state index in [2.05, 4.69) is 36.9 Å². The van der Waals surface area contributed by atoms with E-state index < -0.39 is 0 Å². The summed E-state index contributed by atoms with van der Waals surface area (Å²) in [7, 11) is 0. The molecule has 1 aromatic carbocycles. The van der Waals surface area contributed by atoms with E-state index in [4.69, 9.17) is 5.26 Å². The van der Waals surface area contributed by atoms with E-state index in [1.54, 1.807) is 0 Å². The Labute approximate surface area is 104 Å². The lowest BCUT2D eigenvalue weighted by molar-refractivity contribution is 0.189. The zero-order chi connectivity index (χ0) is 12.3. The Morgan fingerprint density at radius 1 is 1.29 bits per heavy atom. The van der Waals surface area contributed by atoms with Crippen LogP contribution in [0.1, 0.15) is 44.2 Å². The fraction of sp³-hybridized carbons (Fsp3) is 0.533. The highest BCUT2D eigenvalue weighted by Crippen LogP contribution is 2.27. The van der Waals surface area contributed by atoms with E-state index in [-0.39, 0.29) is 0 Å².